The fourth-order valence-electron chi connectivity index (χ4n) is 1.39. The molecule has 0 aromatic rings. The minimum atomic E-state index is -0.618. The Balaban J connectivity index is 2.34. The second-order valence-corrected chi connectivity index (χ2v) is 4.95. The molecule has 0 bridgehead atoms. The van der Waals surface area contributed by atoms with E-state index < -0.39 is 11.6 Å². The first-order chi connectivity index (χ1) is 7.26. The zero-order valence-corrected chi connectivity index (χ0v) is 10.8. The van der Waals surface area contributed by atoms with Crippen LogP contribution in [0, 0.1) is 0 Å². The number of hydrogen-bond donors (Lipinski definition) is 1. The van der Waals surface area contributed by atoms with E-state index in [1.807, 2.05) is 27.7 Å². The Labute approximate surface area is 97.2 Å². The predicted molar refractivity (Wildman–Crippen MR) is 59.9 cm³/mol. The molecule has 2 N–H and O–H groups in total. The van der Waals surface area contributed by atoms with Crippen LogP contribution in [0.5, 0.6) is 0 Å². The van der Waals surface area contributed by atoms with Gasteiger partial charge in [0.05, 0.1) is 19.3 Å². The molecular weight excluding hydrogens is 210 g/mol. The topological polar surface area (TPSA) is 62.9 Å². The standard InChI is InChI=1S/C11H23NO4/c1-10(2,13-5)14-6-8(12)9-7-15-11(3,4)16-9/h8-9H,6-7,12H2,1-5H3/t8-,9?/m0/s1. The van der Waals surface area contributed by atoms with Gasteiger partial charge in [0.2, 0.25) is 0 Å². The molecule has 0 aliphatic carbocycles. The summed E-state index contributed by atoms with van der Waals surface area (Å²) in [7, 11) is 1.60. The Morgan fingerprint density at radius 2 is 2.12 bits per heavy atom. The van der Waals surface area contributed by atoms with Crippen molar-refractivity contribution in [3.8, 4) is 0 Å². The van der Waals surface area contributed by atoms with Crippen LogP contribution in [0.4, 0.5) is 0 Å². The van der Waals surface area contributed by atoms with Crippen LogP contribution in [0.25, 0.3) is 0 Å². The fraction of sp³-hybridized carbons (Fsp3) is 1.00. The first kappa shape index (κ1) is 13.9. The minimum Gasteiger partial charge on any atom is -0.354 e. The van der Waals surface area contributed by atoms with Crippen LogP contribution in [0.15, 0.2) is 0 Å². The second-order valence-electron chi connectivity index (χ2n) is 4.95. The molecule has 1 unspecified atom stereocenters. The molecule has 1 aliphatic heterocycles. The summed E-state index contributed by atoms with van der Waals surface area (Å²) in [6.45, 7) is 8.32. The van der Waals surface area contributed by atoms with Gasteiger partial charge in [-0.15, -0.1) is 0 Å². The average Bonchev–Trinajstić information content (AvgIpc) is 2.55. The van der Waals surface area contributed by atoms with Gasteiger partial charge in [-0.1, -0.05) is 0 Å². The van der Waals surface area contributed by atoms with Gasteiger partial charge >= 0.3 is 0 Å². The van der Waals surface area contributed by atoms with Crippen LogP contribution in [0.3, 0.4) is 0 Å². The first-order valence-electron chi connectivity index (χ1n) is 5.52. The summed E-state index contributed by atoms with van der Waals surface area (Å²) >= 11 is 0. The fourth-order valence-corrected chi connectivity index (χ4v) is 1.39. The molecule has 5 nitrogen and oxygen atoms in total. The molecule has 0 radical (unpaired) electrons. The lowest BCUT2D eigenvalue weighted by molar-refractivity contribution is -0.204. The van der Waals surface area contributed by atoms with Gasteiger partial charge in [0.25, 0.3) is 0 Å². The lowest BCUT2D eigenvalue weighted by Crippen LogP contribution is -2.44. The van der Waals surface area contributed by atoms with Gasteiger partial charge in [0.1, 0.15) is 6.10 Å². The normalized spacial score (nSPS) is 27.0. The monoisotopic (exact) mass is 233 g/mol. The average molecular weight is 233 g/mol. The Hall–Kier alpha value is -0.200. The molecule has 96 valence electrons. The zero-order chi connectivity index (χ0) is 12.4. The molecule has 1 saturated heterocycles. The number of rotatable bonds is 5. The number of nitrogens with two attached hydrogens (primary N) is 1. The van der Waals surface area contributed by atoms with E-state index in [0.717, 1.165) is 0 Å². The van der Waals surface area contributed by atoms with Crippen LogP contribution in [-0.2, 0) is 18.9 Å². The van der Waals surface area contributed by atoms with Crippen molar-refractivity contribution in [1.82, 2.24) is 0 Å². The van der Waals surface area contributed by atoms with Crippen molar-refractivity contribution in [3.63, 3.8) is 0 Å². The summed E-state index contributed by atoms with van der Waals surface area (Å²) in [5, 5.41) is 0. The molecule has 0 amide bonds. The molecule has 5 heteroatoms. The molecule has 0 spiro atoms. The highest BCUT2D eigenvalue weighted by Gasteiger charge is 2.36. The highest BCUT2D eigenvalue weighted by Crippen LogP contribution is 2.24. The highest BCUT2D eigenvalue weighted by atomic mass is 16.7. The molecule has 1 aliphatic rings. The van der Waals surface area contributed by atoms with Gasteiger partial charge in [-0.2, -0.15) is 0 Å². The maximum atomic E-state index is 5.98. The molecular formula is C11H23NO4. The Morgan fingerprint density at radius 1 is 1.50 bits per heavy atom. The smallest absolute Gasteiger partial charge is 0.163 e. The van der Waals surface area contributed by atoms with Crippen molar-refractivity contribution in [2.24, 2.45) is 5.73 Å². The van der Waals surface area contributed by atoms with E-state index in [9.17, 15) is 0 Å². The highest BCUT2D eigenvalue weighted by molar-refractivity contribution is 4.80. The lowest BCUT2D eigenvalue weighted by atomic mass is 10.2. The number of hydrogen-bond acceptors (Lipinski definition) is 5. The summed E-state index contributed by atoms with van der Waals surface area (Å²) in [6.07, 6.45) is -0.123. The van der Waals surface area contributed by atoms with Gasteiger partial charge in [-0.3, -0.25) is 0 Å². The zero-order valence-electron chi connectivity index (χ0n) is 10.8. The van der Waals surface area contributed by atoms with Gasteiger partial charge in [0.15, 0.2) is 11.6 Å². The maximum Gasteiger partial charge on any atom is 0.163 e. The van der Waals surface area contributed by atoms with Crippen LogP contribution in [-0.4, -0.2) is 44.0 Å². The molecule has 0 aromatic heterocycles. The van der Waals surface area contributed by atoms with Crippen LogP contribution in [0.2, 0.25) is 0 Å². The summed E-state index contributed by atoms with van der Waals surface area (Å²) in [5.41, 5.74) is 5.98. The van der Waals surface area contributed by atoms with E-state index >= 15 is 0 Å². The summed E-state index contributed by atoms with van der Waals surface area (Å²) < 4.78 is 21.8. The number of methoxy groups -OCH3 is 1. The van der Waals surface area contributed by atoms with Crippen molar-refractivity contribution < 1.29 is 18.9 Å². The predicted octanol–water partition coefficient (Wildman–Crippen LogP) is 0.864. The van der Waals surface area contributed by atoms with Crippen LogP contribution < -0.4 is 5.73 Å². The van der Waals surface area contributed by atoms with Gasteiger partial charge in [-0.25, -0.2) is 0 Å². The van der Waals surface area contributed by atoms with Crippen molar-refractivity contribution in [2.45, 2.75) is 51.4 Å². The van der Waals surface area contributed by atoms with Crippen molar-refractivity contribution >= 4 is 0 Å². The van der Waals surface area contributed by atoms with Gasteiger partial charge in [0, 0.05) is 7.11 Å². The Bertz CT molecular complexity index is 230. The first-order valence-corrected chi connectivity index (χ1v) is 5.52. The van der Waals surface area contributed by atoms with E-state index in [-0.39, 0.29) is 12.1 Å². The third-order valence-electron chi connectivity index (χ3n) is 2.62. The minimum absolute atomic E-state index is 0.123. The van der Waals surface area contributed by atoms with Crippen molar-refractivity contribution in [2.75, 3.05) is 20.3 Å². The van der Waals surface area contributed by atoms with E-state index in [0.29, 0.717) is 13.2 Å². The largest absolute Gasteiger partial charge is 0.354 e. The summed E-state index contributed by atoms with van der Waals surface area (Å²) in [5.74, 6) is -1.16. The van der Waals surface area contributed by atoms with Crippen LogP contribution >= 0.6 is 0 Å². The van der Waals surface area contributed by atoms with E-state index in [2.05, 4.69) is 0 Å². The SMILES string of the molecule is COC(C)(C)OC[C@H](N)C1COC(C)(C)O1. The molecule has 2 atom stereocenters. The molecule has 1 fully saturated rings. The van der Waals surface area contributed by atoms with E-state index in [1.54, 1.807) is 7.11 Å². The maximum absolute atomic E-state index is 5.98. The molecule has 0 aromatic carbocycles. The third-order valence-corrected chi connectivity index (χ3v) is 2.62. The van der Waals surface area contributed by atoms with Crippen molar-refractivity contribution in [1.29, 1.82) is 0 Å². The van der Waals surface area contributed by atoms with E-state index in [4.69, 9.17) is 24.7 Å². The van der Waals surface area contributed by atoms with E-state index in [1.165, 1.54) is 0 Å². The van der Waals surface area contributed by atoms with Gasteiger partial charge < -0.3 is 24.7 Å². The lowest BCUT2D eigenvalue weighted by Gasteiger charge is -2.27. The second kappa shape index (κ2) is 4.98. The quantitative estimate of drug-likeness (QED) is 0.714. The molecule has 1 rings (SSSR count). The summed E-state index contributed by atoms with van der Waals surface area (Å²) in [4.78, 5) is 0. The van der Waals surface area contributed by atoms with Gasteiger partial charge in [-0.05, 0) is 27.7 Å². The van der Waals surface area contributed by atoms with Crippen molar-refractivity contribution in [3.05, 3.63) is 0 Å². The Kier molecular flexibility index (Phi) is 4.31. The Morgan fingerprint density at radius 3 is 2.56 bits per heavy atom. The number of ether oxygens (including phenoxy) is 4. The molecule has 1 heterocycles. The third kappa shape index (κ3) is 3.99. The molecule has 0 saturated carbocycles. The summed E-state index contributed by atoms with van der Waals surface area (Å²) in [6, 6.07) is -0.212. The molecule has 16 heavy (non-hydrogen) atoms. The van der Waals surface area contributed by atoms with Crippen LogP contribution in [0.1, 0.15) is 27.7 Å².